The molecule has 7 heteroatoms. The molecule has 0 saturated heterocycles. The highest BCUT2D eigenvalue weighted by atomic mass is 16.6. The molecule has 1 aromatic rings. The number of rotatable bonds is 3. The van der Waals surface area contributed by atoms with Gasteiger partial charge in [0.2, 0.25) is 0 Å². The number of benzene rings is 1. The van der Waals surface area contributed by atoms with Crippen molar-refractivity contribution in [2.75, 3.05) is 0 Å². The van der Waals surface area contributed by atoms with Crippen molar-refractivity contribution in [3.05, 3.63) is 33.9 Å². The van der Waals surface area contributed by atoms with Crippen LogP contribution < -0.4 is 4.74 Å². The third kappa shape index (κ3) is 5.36. The molecule has 0 aliphatic rings. The number of esters is 2. The Morgan fingerprint density at radius 3 is 2.09 bits per heavy atom. The third-order valence-electron chi connectivity index (χ3n) is 2.61. The van der Waals surface area contributed by atoms with Crippen LogP contribution in [0.25, 0.3) is 0 Å². The van der Waals surface area contributed by atoms with Gasteiger partial charge in [0.25, 0.3) is 5.69 Å². The summed E-state index contributed by atoms with van der Waals surface area (Å²) in [6.45, 7) is 9.99. The molecule has 0 atom stereocenters. The number of nitro benzene ring substituents is 1. The number of nitro groups is 1. The van der Waals surface area contributed by atoms with Gasteiger partial charge in [0.1, 0.15) is 16.9 Å². The van der Waals surface area contributed by atoms with Gasteiger partial charge in [-0.15, -0.1) is 0 Å². The molecule has 0 aromatic heterocycles. The van der Waals surface area contributed by atoms with Gasteiger partial charge >= 0.3 is 11.9 Å². The summed E-state index contributed by atoms with van der Waals surface area (Å²) in [6, 6.07) is 3.43. The third-order valence-corrected chi connectivity index (χ3v) is 2.61. The smallest absolute Gasteiger partial charge is 0.342 e. The molecule has 0 aliphatic heterocycles. The lowest BCUT2D eigenvalue weighted by Gasteiger charge is -2.21. The van der Waals surface area contributed by atoms with Crippen molar-refractivity contribution >= 4 is 17.6 Å². The summed E-state index contributed by atoms with van der Waals surface area (Å²) < 4.78 is 10.4. The lowest BCUT2D eigenvalue weighted by Crippen LogP contribution is -2.28. The van der Waals surface area contributed by atoms with Crippen LogP contribution >= 0.6 is 0 Å². The molecule has 0 N–H and O–H groups in total. The van der Waals surface area contributed by atoms with Crippen LogP contribution in [0.3, 0.4) is 0 Å². The van der Waals surface area contributed by atoms with Crippen molar-refractivity contribution < 1.29 is 24.0 Å². The van der Waals surface area contributed by atoms with Crippen LogP contribution in [0.15, 0.2) is 18.2 Å². The van der Waals surface area contributed by atoms with E-state index in [9.17, 15) is 19.7 Å². The number of non-ortho nitro benzene ring substituents is 1. The molecule has 0 amide bonds. The van der Waals surface area contributed by atoms with Crippen molar-refractivity contribution in [3.63, 3.8) is 0 Å². The Bertz CT molecular complexity index is 637. The maximum Gasteiger partial charge on any atom is 0.342 e. The second-order valence-electron chi connectivity index (χ2n) is 7.08. The average Bonchev–Trinajstić information content (AvgIpc) is 2.35. The van der Waals surface area contributed by atoms with E-state index in [-0.39, 0.29) is 17.0 Å². The quantitative estimate of drug-likeness (QED) is 0.365. The van der Waals surface area contributed by atoms with Gasteiger partial charge in [-0.05, 0) is 47.6 Å². The van der Waals surface area contributed by atoms with Crippen molar-refractivity contribution in [3.8, 4) is 5.75 Å². The normalized spacial score (nSPS) is 11.7. The Morgan fingerprint density at radius 1 is 1.09 bits per heavy atom. The van der Waals surface area contributed by atoms with E-state index in [1.807, 2.05) is 0 Å². The Balaban J connectivity index is 3.27. The van der Waals surface area contributed by atoms with Gasteiger partial charge in [0, 0.05) is 12.1 Å². The average molecular weight is 323 g/mol. The molecule has 0 radical (unpaired) electrons. The molecule has 0 saturated carbocycles. The van der Waals surface area contributed by atoms with Gasteiger partial charge in [0.05, 0.1) is 10.3 Å². The van der Waals surface area contributed by atoms with Gasteiger partial charge in [-0.2, -0.15) is 0 Å². The Hall–Kier alpha value is -2.44. The minimum absolute atomic E-state index is 0.0650. The second-order valence-corrected chi connectivity index (χ2v) is 7.08. The molecule has 0 spiro atoms. The summed E-state index contributed by atoms with van der Waals surface area (Å²) in [7, 11) is 0. The van der Waals surface area contributed by atoms with Crippen LogP contribution in [-0.4, -0.2) is 22.5 Å². The lowest BCUT2D eigenvalue weighted by atomic mass is 9.97. The van der Waals surface area contributed by atoms with Crippen LogP contribution in [0.5, 0.6) is 5.75 Å². The molecule has 0 bridgehead atoms. The molecule has 0 aliphatic carbocycles. The van der Waals surface area contributed by atoms with Crippen LogP contribution in [-0.2, 0) is 9.53 Å². The number of nitrogens with zero attached hydrogens (tertiary/aromatic N) is 1. The Labute approximate surface area is 134 Å². The van der Waals surface area contributed by atoms with E-state index in [2.05, 4.69) is 0 Å². The summed E-state index contributed by atoms with van der Waals surface area (Å²) in [5.41, 5.74) is -2.02. The highest BCUT2D eigenvalue weighted by molar-refractivity contribution is 5.94. The van der Waals surface area contributed by atoms with Gasteiger partial charge in [-0.1, -0.05) is 0 Å². The molecule has 0 fully saturated rings. The van der Waals surface area contributed by atoms with E-state index in [0.29, 0.717) is 0 Å². The number of hydrogen-bond donors (Lipinski definition) is 0. The van der Waals surface area contributed by atoms with Gasteiger partial charge < -0.3 is 9.47 Å². The van der Waals surface area contributed by atoms with Crippen molar-refractivity contribution in [1.29, 1.82) is 0 Å². The van der Waals surface area contributed by atoms with Gasteiger partial charge in [0.15, 0.2) is 0 Å². The molecule has 0 unspecified atom stereocenters. The fourth-order valence-corrected chi connectivity index (χ4v) is 1.47. The SMILES string of the molecule is CC(C)(C)OC(=O)c1cc([N+](=O)[O-])ccc1OC(=O)C(C)(C)C. The number of ether oxygens (including phenoxy) is 2. The molecular formula is C16H21NO6. The van der Waals surface area contributed by atoms with E-state index < -0.39 is 27.9 Å². The molecule has 23 heavy (non-hydrogen) atoms. The van der Waals surface area contributed by atoms with Crippen LogP contribution in [0.2, 0.25) is 0 Å². The second kappa shape index (κ2) is 6.36. The summed E-state index contributed by atoms with van der Waals surface area (Å²) in [6.07, 6.45) is 0. The fourth-order valence-electron chi connectivity index (χ4n) is 1.47. The molecule has 1 aromatic carbocycles. The maximum absolute atomic E-state index is 12.3. The van der Waals surface area contributed by atoms with Crippen molar-refractivity contribution in [2.24, 2.45) is 5.41 Å². The maximum atomic E-state index is 12.3. The molecule has 1 rings (SSSR count). The first-order valence-electron chi connectivity index (χ1n) is 7.05. The van der Waals surface area contributed by atoms with Crippen molar-refractivity contribution in [2.45, 2.75) is 47.1 Å². The number of carbonyl (C=O) groups is 2. The summed E-state index contributed by atoms with van der Waals surface area (Å²) in [5.74, 6) is -1.42. The van der Waals surface area contributed by atoms with E-state index in [1.54, 1.807) is 41.5 Å². The molecule has 0 heterocycles. The largest absolute Gasteiger partial charge is 0.456 e. The first-order chi connectivity index (χ1) is 10.3. The predicted octanol–water partition coefficient (Wildman–Crippen LogP) is 3.50. The molecule has 126 valence electrons. The highest BCUT2D eigenvalue weighted by Gasteiger charge is 2.28. The van der Waals surface area contributed by atoms with Crippen molar-refractivity contribution in [1.82, 2.24) is 0 Å². The fraction of sp³-hybridized carbons (Fsp3) is 0.500. The zero-order valence-corrected chi connectivity index (χ0v) is 14.1. The zero-order valence-electron chi connectivity index (χ0n) is 14.1. The summed E-state index contributed by atoms with van der Waals surface area (Å²) >= 11 is 0. The summed E-state index contributed by atoms with van der Waals surface area (Å²) in [4.78, 5) is 34.5. The number of carbonyl (C=O) groups excluding carboxylic acids is 2. The molecule has 7 nitrogen and oxygen atoms in total. The van der Waals surface area contributed by atoms with Gasteiger partial charge in [-0.3, -0.25) is 14.9 Å². The first kappa shape index (κ1) is 18.6. The Kier molecular flexibility index (Phi) is 5.14. The zero-order chi connectivity index (χ0) is 18.0. The molecular weight excluding hydrogens is 302 g/mol. The van der Waals surface area contributed by atoms with E-state index in [4.69, 9.17) is 9.47 Å². The Morgan fingerprint density at radius 2 is 1.65 bits per heavy atom. The summed E-state index contributed by atoms with van der Waals surface area (Å²) in [5, 5.41) is 10.9. The van der Waals surface area contributed by atoms with Gasteiger partial charge in [-0.25, -0.2) is 4.79 Å². The van der Waals surface area contributed by atoms with E-state index >= 15 is 0 Å². The monoisotopic (exact) mass is 323 g/mol. The first-order valence-corrected chi connectivity index (χ1v) is 7.05. The van der Waals surface area contributed by atoms with Crippen LogP contribution in [0.1, 0.15) is 51.9 Å². The van der Waals surface area contributed by atoms with E-state index in [0.717, 1.165) is 6.07 Å². The number of hydrogen-bond acceptors (Lipinski definition) is 6. The predicted molar refractivity (Wildman–Crippen MR) is 83.4 cm³/mol. The van der Waals surface area contributed by atoms with E-state index in [1.165, 1.54) is 12.1 Å². The minimum atomic E-state index is -0.794. The minimum Gasteiger partial charge on any atom is -0.456 e. The topological polar surface area (TPSA) is 95.7 Å². The van der Waals surface area contributed by atoms with Crippen LogP contribution in [0.4, 0.5) is 5.69 Å². The lowest BCUT2D eigenvalue weighted by molar-refractivity contribution is -0.384. The van der Waals surface area contributed by atoms with Crippen LogP contribution in [0, 0.1) is 15.5 Å². The standard InChI is InChI=1S/C16H21NO6/c1-15(2,3)14(19)22-12-8-7-10(17(20)21)9-11(12)13(18)23-16(4,5)6/h7-9H,1-6H3. The highest BCUT2D eigenvalue weighted by Crippen LogP contribution is 2.28.